The summed E-state index contributed by atoms with van der Waals surface area (Å²) in [5, 5.41) is 0. The van der Waals surface area contributed by atoms with Crippen molar-refractivity contribution in [3.8, 4) is 0 Å². The van der Waals surface area contributed by atoms with Crippen molar-refractivity contribution in [3.05, 3.63) is 63.3 Å². The molecule has 4 nitrogen and oxygen atoms in total. The van der Waals surface area contributed by atoms with Gasteiger partial charge in [0.25, 0.3) is 5.56 Å². The molecule has 1 atom stereocenters. The quantitative estimate of drug-likeness (QED) is 0.786. The number of carbonyl (C=O) groups excluding carboxylic acids is 1. The number of benzene rings is 1. The number of rotatable bonds is 6. The highest BCUT2D eigenvalue weighted by molar-refractivity contribution is 7.98. The molecule has 1 N–H and O–H groups in total. The van der Waals surface area contributed by atoms with E-state index in [0.29, 0.717) is 17.1 Å². The summed E-state index contributed by atoms with van der Waals surface area (Å²) in [6, 6.07) is 5.96. The fraction of sp³-hybridized carbons (Fsp3) is 0.353. The Morgan fingerprint density at radius 3 is 2.44 bits per heavy atom. The normalized spacial score (nSPS) is 12.8. The highest BCUT2D eigenvalue weighted by Crippen LogP contribution is 2.31. The largest absolute Gasteiger partial charge is 0.416 e. The van der Waals surface area contributed by atoms with Crippen molar-refractivity contribution in [1.29, 1.82) is 0 Å². The van der Waals surface area contributed by atoms with E-state index in [-0.39, 0.29) is 23.8 Å². The number of halogens is 3. The van der Waals surface area contributed by atoms with Crippen molar-refractivity contribution in [3.63, 3.8) is 0 Å². The SMILES string of the molecule is CSCC(CC(=O)c1cc(=O)[nH]c(C)n1)c1ccc(C(F)(F)F)cc1. The monoisotopic (exact) mass is 370 g/mol. The minimum Gasteiger partial charge on any atom is -0.311 e. The van der Waals surface area contributed by atoms with Gasteiger partial charge in [0.15, 0.2) is 5.78 Å². The number of nitrogens with one attached hydrogen (secondary N) is 1. The molecule has 25 heavy (non-hydrogen) atoms. The van der Waals surface area contributed by atoms with Gasteiger partial charge in [-0.1, -0.05) is 12.1 Å². The number of hydrogen-bond acceptors (Lipinski definition) is 4. The second-order valence-electron chi connectivity index (χ2n) is 5.62. The fourth-order valence-corrected chi connectivity index (χ4v) is 3.18. The molecule has 2 rings (SSSR count). The number of nitrogens with zero attached hydrogens (tertiary/aromatic N) is 1. The number of thioether (sulfide) groups is 1. The van der Waals surface area contributed by atoms with Crippen molar-refractivity contribution in [2.75, 3.05) is 12.0 Å². The standard InChI is InChI=1S/C17H17F3N2O2S/c1-10-21-14(8-16(24)22-10)15(23)7-12(9-25-2)11-3-5-13(6-4-11)17(18,19)20/h3-6,8,12H,7,9H2,1-2H3,(H,21,22,24). The maximum Gasteiger partial charge on any atom is 0.416 e. The summed E-state index contributed by atoms with van der Waals surface area (Å²) in [5.41, 5.74) is -0.416. The predicted molar refractivity (Wildman–Crippen MR) is 91.1 cm³/mol. The molecule has 0 aliphatic heterocycles. The first kappa shape index (κ1) is 19.2. The molecule has 8 heteroatoms. The van der Waals surface area contributed by atoms with Crippen LogP contribution in [0.3, 0.4) is 0 Å². The summed E-state index contributed by atoms with van der Waals surface area (Å²) in [5.74, 6) is 0.338. The van der Waals surface area contributed by atoms with E-state index < -0.39 is 17.3 Å². The lowest BCUT2D eigenvalue weighted by Crippen LogP contribution is -2.17. The van der Waals surface area contributed by atoms with Crippen LogP contribution in [-0.4, -0.2) is 27.8 Å². The molecular weight excluding hydrogens is 353 g/mol. The van der Waals surface area contributed by atoms with Gasteiger partial charge in [0.2, 0.25) is 0 Å². The van der Waals surface area contributed by atoms with Crippen molar-refractivity contribution < 1.29 is 18.0 Å². The van der Waals surface area contributed by atoms with Gasteiger partial charge in [-0.2, -0.15) is 24.9 Å². The summed E-state index contributed by atoms with van der Waals surface area (Å²) in [7, 11) is 0. The number of carbonyl (C=O) groups is 1. The van der Waals surface area contributed by atoms with Crippen molar-refractivity contribution in [1.82, 2.24) is 9.97 Å². The van der Waals surface area contributed by atoms with Gasteiger partial charge >= 0.3 is 6.18 Å². The molecule has 1 aromatic heterocycles. The molecule has 0 fully saturated rings. The van der Waals surface area contributed by atoms with Crippen molar-refractivity contribution in [2.24, 2.45) is 0 Å². The van der Waals surface area contributed by atoms with Gasteiger partial charge in [-0.25, -0.2) is 4.98 Å². The number of aromatic nitrogens is 2. The van der Waals surface area contributed by atoms with Gasteiger partial charge < -0.3 is 4.98 Å². The van der Waals surface area contributed by atoms with E-state index in [4.69, 9.17) is 0 Å². The fourth-order valence-electron chi connectivity index (χ4n) is 2.47. The van der Waals surface area contributed by atoms with Crippen molar-refractivity contribution >= 4 is 17.5 Å². The summed E-state index contributed by atoms with van der Waals surface area (Å²) >= 11 is 1.50. The van der Waals surface area contributed by atoms with Gasteiger partial charge in [-0.3, -0.25) is 9.59 Å². The van der Waals surface area contributed by atoms with Crippen LogP contribution >= 0.6 is 11.8 Å². The molecule has 0 spiro atoms. The lowest BCUT2D eigenvalue weighted by molar-refractivity contribution is -0.137. The molecule has 2 aromatic rings. The van der Waals surface area contributed by atoms with Crippen LogP contribution in [0.15, 0.2) is 35.1 Å². The van der Waals surface area contributed by atoms with Crippen LogP contribution < -0.4 is 5.56 Å². The van der Waals surface area contributed by atoms with Gasteiger partial charge in [0, 0.05) is 24.2 Å². The molecule has 0 saturated carbocycles. The molecule has 134 valence electrons. The molecule has 0 saturated heterocycles. The van der Waals surface area contributed by atoms with Crippen LogP contribution in [-0.2, 0) is 6.18 Å². The Kier molecular flexibility index (Phi) is 6.05. The first-order chi connectivity index (χ1) is 11.7. The highest BCUT2D eigenvalue weighted by atomic mass is 32.2. The molecule has 0 amide bonds. The lowest BCUT2D eigenvalue weighted by atomic mass is 9.93. The van der Waals surface area contributed by atoms with Crippen LogP contribution in [0, 0.1) is 6.92 Å². The molecule has 0 radical (unpaired) electrons. The molecular formula is C17H17F3N2O2S. The summed E-state index contributed by atoms with van der Waals surface area (Å²) in [6.45, 7) is 1.58. The predicted octanol–water partition coefficient (Wildman–Crippen LogP) is 3.82. The Labute approximate surface area is 146 Å². The van der Waals surface area contributed by atoms with Crippen LogP contribution in [0.1, 0.15) is 39.8 Å². The zero-order valence-corrected chi connectivity index (χ0v) is 14.5. The van der Waals surface area contributed by atoms with E-state index in [9.17, 15) is 22.8 Å². The topological polar surface area (TPSA) is 62.8 Å². The number of aromatic amines is 1. The molecule has 0 bridgehead atoms. The minimum atomic E-state index is -4.39. The van der Waals surface area contributed by atoms with Gasteiger partial charge in [0.05, 0.1) is 5.56 Å². The van der Waals surface area contributed by atoms with E-state index >= 15 is 0 Å². The Morgan fingerprint density at radius 1 is 1.28 bits per heavy atom. The van der Waals surface area contributed by atoms with Crippen LogP contribution in [0.4, 0.5) is 13.2 Å². The molecule has 1 heterocycles. The Balaban J connectivity index is 2.23. The second-order valence-corrected chi connectivity index (χ2v) is 6.53. The molecule has 0 aliphatic rings. The average Bonchev–Trinajstić information content (AvgIpc) is 2.52. The van der Waals surface area contributed by atoms with Gasteiger partial charge in [-0.15, -0.1) is 0 Å². The third-order valence-electron chi connectivity index (χ3n) is 3.65. The van der Waals surface area contributed by atoms with E-state index in [2.05, 4.69) is 9.97 Å². The van der Waals surface area contributed by atoms with E-state index in [1.54, 1.807) is 6.92 Å². The smallest absolute Gasteiger partial charge is 0.311 e. The summed E-state index contributed by atoms with van der Waals surface area (Å²) in [6.07, 6.45) is -2.46. The van der Waals surface area contributed by atoms with Gasteiger partial charge in [-0.05, 0) is 30.9 Å². The maximum absolute atomic E-state index is 12.7. The molecule has 0 aliphatic carbocycles. The summed E-state index contributed by atoms with van der Waals surface area (Å²) in [4.78, 5) is 30.4. The molecule has 1 unspecified atom stereocenters. The lowest BCUT2D eigenvalue weighted by Gasteiger charge is -2.16. The van der Waals surface area contributed by atoms with E-state index in [1.165, 1.54) is 23.9 Å². The highest BCUT2D eigenvalue weighted by Gasteiger charge is 2.30. The Hall–Kier alpha value is -2.09. The van der Waals surface area contributed by atoms with Crippen molar-refractivity contribution in [2.45, 2.75) is 25.4 Å². The number of H-pyrrole nitrogens is 1. The molecule has 1 aromatic carbocycles. The third kappa shape index (κ3) is 5.19. The Bertz CT molecular complexity index is 801. The Morgan fingerprint density at radius 2 is 1.92 bits per heavy atom. The second kappa shape index (κ2) is 7.86. The van der Waals surface area contributed by atoms with E-state index in [0.717, 1.165) is 18.2 Å². The van der Waals surface area contributed by atoms with Crippen LogP contribution in [0.2, 0.25) is 0 Å². The number of ketones is 1. The van der Waals surface area contributed by atoms with Crippen LogP contribution in [0.25, 0.3) is 0 Å². The number of Topliss-reactive ketones (excluding diaryl/α,β-unsaturated/α-hetero) is 1. The third-order valence-corrected chi connectivity index (χ3v) is 4.39. The average molecular weight is 370 g/mol. The first-order valence-electron chi connectivity index (χ1n) is 7.48. The number of hydrogen-bond donors (Lipinski definition) is 1. The zero-order valence-electron chi connectivity index (χ0n) is 13.7. The number of aryl methyl sites for hydroxylation is 1. The van der Waals surface area contributed by atoms with Gasteiger partial charge in [0.1, 0.15) is 11.5 Å². The number of alkyl halides is 3. The summed E-state index contributed by atoms with van der Waals surface area (Å²) < 4.78 is 38.0. The maximum atomic E-state index is 12.7. The van der Waals surface area contributed by atoms with Crippen LogP contribution in [0.5, 0.6) is 0 Å². The first-order valence-corrected chi connectivity index (χ1v) is 8.87. The zero-order chi connectivity index (χ0) is 18.6. The minimum absolute atomic E-state index is 0.0688. The van der Waals surface area contributed by atoms with E-state index in [1.807, 2.05) is 6.26 Å².